The summed E-state index contributed by atoms with van der Waals surface area (Å²) >= 11 is 0. The third kappa shape index (κ3) is 2.97. The molecule has 0 amide bonds. The number of carbonyl (C=O) groups excluding carboxylic acids is 1. The second kappa shape index (κ2) is 6.64. The van der Waals surface area contributed by atoms with Gasteiger partial charge in [0.2, 0.25) is 0 Å². The van der Waals surface area contributed by atoms with Crippen molar-refractivity contribution in [1.82, 2.24) is 0 Å². The Bertz CT molecular complexity index is 505. The molecule has 5 heteroatoms. The predicted molar refractivity (Wildman–Crippen MR) is 69.8 cm³/mol. The molecule has 0 radical (unpaired) electrons. The van der Waals surface area contributed by atoms with Gasteiger partial charge in [-0.2, -0.15) is 5.26 Å². The van der Waals surface area contributed by atoms with E-state index in [1.807, 2.05) is 6.07 Å². The van der Waals surface area contributed by atoms with Crippen molar-refractivity contribution in [3.8, 4) is 23.3 Å². The van der Waals surface area contributed by atoms with Crippen LogP contribution in [0.1, 0.15) is 23.7 Å². The lowest BCUT2D eigenvalue weighted by Crippen LogP contribution is -2.13. The predicted octanol–water partition coefficient (Wildman–Crippen LogP) is 2.44. The highest BCUT2D eigenvalue weighted by Crippen LogP contribution is 2.35. The Morgan fingerprint density at radius 1 is 1.16 bits per heavy atom. The highest BCUT2D eigenvalue weighted by molar-refractivity contribution is 6.02. The van der Waals surface area contributed by atoms with Gasteiger partial charge in [0.15, 0.2) is 17.3 Å². The Morgan fingerprint density at radius 3 is 2.11 bits per heavy atom. The van der Waals surface area contributed by atoms with Crippen molar-refractivity contribution in [3.05, 3.63) is 17.7 Å². The highest BCUT2D eigenvalue weighted by atomic mass is 16.5. The maximum Gasteiger partial charge on any atom is 0.183 e. The lowest BCUT2D eigenvalue weighted by molar-refractivity contribution is 0.0943. The molecule has 0 bridgehead atoms. The molecule has 0 aromatic heterocycles. The number of ketones is 1. The number of Topliss-reactive ketones (excluding diaryl/α,β-unsaturated/α-hetero) is 1. The van der Waals surface area contributed by atoms with E-state index in [0.29, 0.717) is 29.2 Å². The first-order valence-corrected chi connectivity index (χ1v) is 5.86. The fourth-order valence-electron chi connectivity index (χ4n) is 1.74. The van der Waals surface area contributed by atoms with Crippen molar-refractivity contribution in [2.45, 2.75) is 13.3 Å². The van der Waals surface area contributed by atoms with E-state index in [2.05, 4.69) is 0 Å². The van der Waals surface area contributed by atoms with Gasteiger partial charge in [-0.1, -0.05) is 6.92 Å². The molecule has 0 saturated heterocycles. The van der Waals surface area contributed by atoms with Gasteiger partial charge >= 0.3 is 0 Å². The molecule has 5 nitrogen and oxygen atoms in total. The van der Waals surface area contributed by atoms with Gasteiger partial charge in [0.05, 0.1) is 33.0 Å². The van der Waals surface area contributed by atoms with Gasteiger partial charge in [-0.05, 0) is 12.5 Å². The first-order chi connectivity index (χ1) is 9.12. The zero-order valence-corrected chi connectivity index (χ0v) is 11.5. The molecule has 0 aliphatic carbocycles. The molecule has 0 spiro atoms. The Hall–Kier alpha value is -2.22. The Morgan fingerprint density at radius 2 is 1.68 bits per heavy atom. The Labute approximate surface area is 112 Å². The van der Waals surface area contributed by atoms with Crippen molar-refractivity contribution >= 4 is 5.78 Å². The molecule has 0 heterocycles. The van der Waals surface area contributed by atoms with Gasteiger partial charge in [-0.15, -0.1) is 0 Å². The van der Waals surface area contributed by atoms with Gasteiger partial charge in [0.25, 0.3) is 0 Å². The third-order valence-corrected chi connectivity index (χ3v) is 2.85. The minimum atomic E-state index is -0.688. The van der Waals surface area contributed by atoms with Crippen LogP contribution in [0, 0.1) is 17.2 Å². The highest BCUT2D eigenvalue weighted by Gasteiger charge is 2.23. The second-order valence-corrected chi connectivity index (χ2v) is 3.86. The molecule has 1 rings (SSSR count). The van der Waals surface area contributed by atoms with E-state index in [1.165, 1.54) is 21.3 Å². The number of ether oxygens (including phenoxy) is 3. The molecule has 0 aliphatic heterocycles. The van der Waals surface area contributed by atoms with Crippen LogP contribution >= 0.6 is 0 Å². The van der Waals surface area contributed by atoms with Crippen LogP contribution in [0.15, 0.2) is 12.1 Å². The van der Waals surface area contributed by atoms with Gasteiger partial charge in [-0.3, -0.25) is 4.79 Å². The van der Waals surface area contributed by atoms with Crippen LogP contribution in [0.3, 0.4) is 0 Å². The second-order valence-electron chi connectivity index (χ2n) is 3.86. The van der Waals surface area contributed by atoms with E-state index in [1.54, 1.807) is 19.1 Å². The normalized spacial score (nSPS) is 11.3. The number of hydrogen-bond acceptors (Lipinski definition) is 5. The standard InChI is InChI=1S/C14H17NO4/c1-5-9(8-15)14(16)10-6-12(18-3)13(19-4)7-11(10)17-2/h6-7,9H,5H2,1-4H3. The summed E-state index contributed by atoms with van der Waals surface area (Å²) in [5.41, 5.74) is 0.327. The van der Waals surface area contributed by atoms with Crippen molar-refractivity contribution in [2.24, 2.45) is 5.92 Å². The molecule has 0 aliphatic rings. The fourth-order valence-corrected chi connectivity index (χ4v) is 1.74. The van der Waals surface area contributed by atoms with E-state index >= 15 is 0 Å². The third-order valence-electron chi connectivity index (χ3n) is 2.85. The molecule has 102 valence electrons. The summed E-state index contributed by atoms with van der Waals surface area (Å²) in [6.45, 7) is 1.79. The number of hydrogen-bond donors (Lipinski definition) is 0. The van der Waals surface area contributed by atoms with E-state index in [0.717, 1.165) is 0 Å². The fraction of sp³-hybridized carbons (Fsp3) is 0.429. The van der Waals surface area contributed by atoms with Crippen molar-refractivity contribution in [1.29, 1.82) is 5.26 Å². The maximum atomic E-state index is 12.3. The number of carbonyl (C=O) groups is 1. The smallest absolute Gasteiger partial charge is 0.183 e. The van der Waals surface area contributed by atoms with Crippen LogP contribution in [0.5, 0.6) is 17.2 Å². The first-order valence-electron chi connectivity index (χ1n) is 5.86. The van der Waals surface area contributed by atoms with E-state index < -0.39 is 5.92 Å². The van der Waals surface area contributed by atoms with Crippen LogP contribution in [-0.4, -0.2) is 27.1 Å². The van der Waals surface area contributed by atoms with E-state index in [4.69, 9.17) is 19.5 Å². The SMILES string of the molecule is CCC(C#N)C(=O)c1cc(OC)c(OC)cc1OC. The topological polar surface area (TPSA) is 68.6 Å². The van der Waals surface area contributed by atoms with Crippen LogP contribution < -0.4 is 14.2 Å². The van der Waals surface area contributed by atoms with Gasteiger partial charge in [0, 0.05) is 6.07 Å². The average Bonchev–Trinajstić information content (AvgIpc) is 2.46. The van der Waals surface area contributed by atoms with E-state index in [9.17, 15) is 4.79 Å². The maximum absolute atomic E-state index is 12.3. The Balaban J connectivity index is 3.34. The number of methoxy groups -OCH3 is 3. The monoisotopic (exact) mass is 263 g/mol. The summed E-state index contributed by atoms with van der Waals surface area (Å²) in [7, 11) is 4.45. The zero-order chi connectivity index (χ0) is 14.4. The van der Waals surface area contributed by atoms with Gasteiger partial charge in [0.1, 0.15) is 11.7 Å². The molecule has 1 aromatic carbocycles. The van der Waals surface area contributed by atoms with Crippen LogP contribution in [0.4, 0.5) is 0 Å². The molecule has 1 atom stereocenters. The van der Waals surface area contributed by atoms with Crippen molar-refractivity contribution in [2.75, 3.05) is 21.3 Å². The largest absolute Gasteiger partial charge is 0.496 e. The Kier molecular flexibility index (Phi) is 5.19. The number of benzene rings is 1. The zero-order valence-electron chi connectivity index (χ0n) is 11.5. The number of nitrogens with zero attached hydrogens (tertiary/aromatic N) is 1. The molecule has 0 saturated carbocycles. The minimum absolute atomic E-state index is 0.275. The van der Waals surface area contributed by atoms with Crippen LogP contribution in [0.25, 0.3) is 0 Å². The molecule has 1 unspecified atom stereocenters. The van der Waals surface area contributed by atoms with Crippen LogP contribution in [0.2, 0.25) is 0 Å². The van der Waals surface area contributed by atoms with Gasteiger partial charge in [-0.25, -0.2) is 0 Å². The van der Waals surface area contributed by atoms with Crippen molar-refractivity contribution < 1.29 is 19.0 Å². The molecule has 0 fully saturated rings. The van der Waals surface area contributed by atoms with Crippen molar-refractivity contribution in [3.63, 3.8) is 0 Å². The van der Waals surface area contributed by atoms with Crippen LogP contribution in [-0.2, 0) is 0 Å². The summed E-state index contributed by atoms with van der Waals surface area (Å²) < 4.78 is 15.5. The minimum Gasteiger partial charge on any atom is -0.496 e. The lowest BCUT2D eigenvalue weighted by Gasteiger charge is -2.14. The summed E-state index contributed by atoms with van der Waals surface area (Å²) in [4.78, 5) is 12.3. The molecular weight excluding hydrogens is 246 g/mol. The average molecular weight is 263 g/mol. The van der Waals surface area contributed by atoms with E-state index in [-0.39, 0.29) is 5.78 Å². The summed E-state index contributed by atoms with van der Waals surface area (Å²) in [5.74, 6) is 0.312. The summed E-state index contributed by atoms with van der Waals surface area (Å²) in [5, 5.41) is 8.98. The number of rotatable bonds is 6. The lowest BCUT2D eigenvalue weighted by atomic mass is 9.95. The molecule has 19 heavy (non-hydrogen) atoms. The molecular formula is C14H17NO4. The molecule has 1 aromatic rings. The molecule has 0 N–H and O–H groups in total. The first kappa shape index (κ1) is 14.8. The van der Waals surface area contributed by atoms with Gasteiger partial charge < -0.3 is 14.2 Å². The number of nitriles is 1. The summed E-state index contributed by atoms with van der Waals surface area (Å²) in [6.07, 6.45) is 0.451. The summed E-state index contributed by atoms with van der Waals surface area (Å²) in [6, 6.07) is 5.11. The quantitative estimate of drug-likeness (QED) is 0.737.